The maximum Gasteiger partial charge on any atom is 1.00 e. The maximum atomic E-state index is 14.6. The standard InChI is InChI=1S/C26H25FN2O6.Na/c1-16-12-24(33-11-10-30)23(27)13-22(16)21-5-3-4-19(17(21)2)15-34-20-8-6-18(7-9-20)14-29-25(31)28-26(32)35-29;/h3-9,12-13,30H,10-11,14-15H2,1-2H3,(H,28,31,32);/q;+1/p-1. The number of benzene rings is 3. The number of halogens is 1. The van der Waals surface area contributed by atoms with Gasteiger partial charge in [0.05, 0.1) is 6.61 Å². The minimum Gasteiger partial charge on any atom is -0.489 e. The average Bonchev–Trinajstić information content (AvgIpc) is 3.16. The van der Waals surface area contributed by atoms with Gasteiger partial charge in [0.25, 0.3) is 0 Å². The summed E-state index contributed by atoms with van der Waals surface area (Å²) >= 11 is 0. The fourth-order valence-electron chi connectivity index (χ4n) is 3.75. The average molecular weight is 502 g/mol. The second kappa shape index (κ2) is 12.2. The summed E-state index contributed by atoms with van der Waals surface area (Å²) in [6, 6.07) is 15.9. The van der Waals surface area contributed by atoms with E-state index in [2.05, 4.69) is 4.98 Å². The minimum atomic E-state index is -0.920. The van der Waals surface area contributed by atoms with Crippen molar-refractivity contribution in [3.8, 4) is 22.6 Å². The minimum absolute atomic E-state index is 0. The van der Waals surface area contributed by atoms with Crippen molar-refractivity contribution in [3.05, 3.63) is 104 Å². The Balaban J connectivity index is 0.00000361. The van der Waals surface area contributed by atoms with Crippen LogP contribution in [0.4, 0.5) is 4.39 Å². The Morgan fingerprint density at radius 2 is 1.78 bits per heavy atom. The molecule has 0 atom stereocenters. The van der Waals surface area contributed by atoms with Crippen molar-refractivity contribution < 1.29 is 53.1 Å². The van der Waals surface area contributed by atoms with E-state index in [-0.39, 0.29) is 55.1 Å². The third kappa shape index (κ3) is 6.36. The van der Waals surface area contributed by atoms with Gasteiger partial charge in [-0.3, -0.25) is 9.53 Å². The molecule has 0 aliphatic carbocycles. The number of rotatable bonds is 9. The topological polar surface area (TPSA) is 105 Å². The zero-order valence-corrected chi connectivity index (χ0v) is 22.3. The third-order valence-electron chi connectivity index (χ3n) is 5.60. The molecule has 0 saturated heterocycles. The molecule has 0 bridgehead atoms. The van der Waals surface area contributed by atoms with Crippen molar-refractivity contribution in [1.82, 2.24) is 9.72 Å². The molecule has 4 rings (SSSR count). The first-order chi connectivity index (χ1) is 16.9. The zero-order chi connectivity index (χ0) is 24.9. The molecule has 0 aliphatic rings. The van der Waals surface area contributed by atoms with Crippen molar-refractivity contribution in [2.75, 3.05) is 13.2 Å². The van der Waals surface area contributed by atoms with Gasteiger partial charge < -0.3 is 24.1 Å². The molecule has 3 aromatic carbocycles. The number of aromatic nitrogens is 2. The molecule has 0 fully saturated rings. The van der Waals surface area contributed by atoms with Gasteiger partial charge in [-0.2, -0.15) is 0 Å². The summed E-state index contributed by atoms with van der Waals surface area (Å²) in [6.07, 6.45) is 0. The number of aliphatic hydroxyl groups is 1. The summed E-state index contributed by atoms with van der Waals surface area (Å²) in [6.45, 7) is 4.09. The van der Waals surface area contributed by atoms with Crippen LogP contribution < -0.4 is 55.5 Å². The molecular weight excluding hydrogens is 478 g/mol. The van der Waals surface area contributed by atoms with E-state index in [0.29, 0.717) is 12.4 Å². The quantitative estimate of drug-likeness (QED) is 0.326. The summed E-state index contributed by atoms with van der Waals surface area (Å²) in [5.41, 5.74) is 4.43. The molecule has 0 spiro atoms. The van der Waals surface area contributed by atoms with Crippen LogP contribution in [-0.2, 0) is 13.2 Å². The number of ether oxygens (including phenoxy) is 2. The second-order valence-electron chi connectivity index (χ2n) is 7.98. The van der Waals surface area contributed by atoms with E-state index in [0.717, 1.165) is 38.1 Å². The normalized spacial score (nSPS) is 10.7. The van der Waals surface area contributed by atoms with E-state index in [1.807, 2.05) is 32.0 Å². The largest absolute Gasteiger partial charge is 1.00 e. The van der Waals surface area contributed by atoms with Crippen LogP contribution in [0.15, 0.2) is 68.7 Å². The molecule has 0 radical (unpaired) electrons. The van der Waals surface area contributed by atoms with Gasteiger partial charge in [0.2, 0.25) is 0 Å². The van der Waals surface area contributed by atoms with E-state index in [9.17, 15) is 14.0 Å². The van der Waals surface area contributed by atoms with Crippen LogP contribution in [0.25, 0.3) is 11.1 Å². The monoisotopic (exact) mass is 502 g/mol. The van der Waals surface area contributed by atoms with E-state index < -0.39 is 17.3 Å². The molecule has 1 heterocycles. The van der Waals surface area contributed by atoms with Crippen LogP contribution in [0, 0.1) is 19.7 Å². The van der Waals surface area contributed by atoms with Crippen LogP contribution in [0.1, 0.15) is 22.3 Å². The first-order valence-corrected chi connectivity index (χ1v) is 10.9. The summed E-state index contributed by atoms with van der Waals surface area (Å²) < 4.78 is 31.4. The van der Waals surface area contributed by atoms with Crippen molar-refractivity contribution in [2.45, 2.75) is 27.0 Å². The van der Waals surface area contributed by atoms with Gasteiger partial charge in [0.1, 0.15) is 19.0 Å². The molecule has 0 unspecified atom stereocenters. The predicted molar refractivity (Wildman–Crippen MR) is 126 cm³/mol. The van der Waals surface area contributed by atoms with Crippen LogP contribution >= 0.6 is 0 Å². The number of aliphatic hydroxyl groups excluding tert-OH is 1. The molecule has 4 aromatic rings. The van der Waals surface area contributed by atoms with Gasteiger partial charge in [-0.15, -0.1) is 0 Å². The SMILES string of the molecule is Cc1cc(OCCO)c(F)cc1-c1cccc(COc2ccc(Cn3oc(=O)[n-]c3=O)cc2)c1C.[Na+]. The van der Waals surface area contributed by atoms with Crippen molar-refractivity contribution in [2.24, 2.45) is 0 Å². The summed E-state index contributed by atoms with van der Waals surface area (Å²) in [4.78, 5) is 25.8. The molecule has 0 saturated carbocycles. The van der Waals surface area contributed by atoms with Gasteiger partial charge in [-0.25, -0.2) is 9.18 Å². The van der Waals surface area contributed by atoms with Gasteiger partial charge in [0, 0.05) is 6.54 Å². The Hall–Kier alpha value is -3.11. The van der Waals surface area contributed by atoms with Gasteiger partial charge >= 0.3 is 35.3 Å². The molecule has 1 N–H and O–H groups in total. The second-order valence-corrected chi connectivity index (χ2v) is 7.98. The first kappa shape index (κ1) is 27.5. The van der Waals surface area contributed by atoms with Gasteiger partial charge in [-0.1, -0.05) is 30.3 Å². The number of hydrogen-bond donors (Lipinski definition) is 1. The predicted octanol–water partition coefficient (Wildman–Crippen LogP) is 0.184. The fraction of sp³-hybridized carbons (Fsp3) is 0.231. The van der Waals surface area contributed by atoms with Crippen molar-refractivity contribution >= 4 is 0 Å². The van der Waals surface area contributed by atoms with E-state index in [1.165, 1.54) is 6.07 Å². The summed E-state index contributed by atoms with van der Waals surface area (Å²) in [5.74, 6) is -0.668. The van der Waals surface area contributed by atoms with Gasteiger partial charge in [0.15, 0.2) is 17.3 Å². The van der Waals surface area contributed by atoms with E-state index >= 15 is 0 Å². The number of nitrogens with zero attached hydrogens (tertiary/aromatic N) is 2. The third-order valence-corrected chi connectivity index (χ3v) is 5.60. The van der Waals surface area contributed by atoms with E-state index in [1.54, 1.807) is 30.3 Å². The molecular formula is C26H24FN2NaO6. The van der Waals surface area contributed by atoms with Crippen LogP contribution in [0.2, 0.25) is 0 Å². The van der Waals surface area contributed by atoms with Crippen molar-refractivity contribution in [1.29, 1.82) is 0 Å². The summed E-state index contributed by atoms with van der Waals surface area (Å²) in [7, 11) is 0. The zero-order valence-electron chi connectivity index (χ0n) is 20.3. The molecule has 10 heteroatoms. The molecule has 1 aromatic heterocycles. The van der Waals surface area contributed by atoms with Crippen LogP contribution in [0.5, 0.6) is 11.5 Å². The van der Waals surface area contributed by atoms with Crippen LogP contribution in [-0.4, -0.2) is 23.1 Å². The maximum absolute atomic E-state index is 14.6. The number of aryl methyl sites for hydroxylation is 1. The molecule has 182 valence electrons. The Labute approximate surface area is 228 Å². The smallest absolute Gasteiger partial charge is 0.489 e. The molecule has 36 heavy (non-hydrogen) atoms. The molecule has 0 aliphatic heterocycles. The Bertz CT molecular complexity index is 1440. The summed E-state index contributed by atoms with van der Waals surface area (Å²) in [5, 5.41) is 8.92. The van der Waals surface area contributed by atoms with Crippen molar-refractivity contribution in [3.63, 3.8) is 0 Å². The van der Waals surface area contributed by atoms with Crippen LogP contribution in [0.3, 0.4) is 0 Å². The molecule has 0 amide bonds. The Kier molecular flexibility index (Phi) is 9.33. The van der Waals surface area contributed by atoms with Gasteiger partial charge in [-0.05, 0) is 71.5 Å². The number of hydrogen-bond acceptors (Lipinski definition) is 6. The Morgan fingerprint density at radius 1 is 1.03 bits per heavy atom. The van der Waals surface area contributed by atoms with E-state index in [4.69, 9.17) is 19.1 Å². The first-order valence-electron chi connectivity index (χ1n) is 10.9. The molecule has 8 nitrogen and oxygen atoms in total. The fourth-order valence-corrected chi connectivity index (χ4v) is 3.75. The Morgan fingerprint density at radius 3 is 2.44 bits per heavy atom.